The molecule has 0 spiro atoms. The first-order chi connectivity index (χ1) is 9.72. The lowest BCUT2D eigenvalue weighted by molar-refractivity contribution is 0.281. The molecule has 0 radical (unpaired) electrons. The largest absolute Gasteiger partial charge is 0.489 e. The van der Waals surface area contributed by atoms with Gasteiger partial charge in [0.1, 0.15) is 12.4 Å². The monoisotopic (exact) mass is 271 g/mol. The third kappa shape index (κ3) is 3.83. The molecular weight excluding hydrogens is 250 g/mol. The molecule has 2 aromatic rings. The zero-order valence-electron chi connectivity index (χ0n) is 12.0. The maximum atomic E-state index is 8.99. The third-order valence-corrected chi connectivity index (χ3v) is 3.42. The highest BCUT2D eigenvalue weighted by atomic mass is 16.5. The van der Waals surface area contributed by atoms with Crippen molar-refractivity contribution in [2.75, 3.05) is 7.05 Å². The van der Waals surface area contributed by atoms with E-state index in [4.69, 9.17) is 9.84 Å². The first-order valence-corrected chi connectivity index (χ1v) is 6.81. The lowest BCUT2D eigenvalue weighted by Gasteiger charge is -2.12. The summed E-state index contributed by atoms with van der Waals surface area (Å²) in [5.41, 5.74) is 3.25. The second-order valence-corrected chi connectivity index (χ2v) is 4.84. The Hall–Kier alpha value is -1.84. The quantitative estimate of drug-likeness (QED) is 0.848. The minimum atomic E-state index is 0.0756. The molecule has 0 fully saturated rings. The molecule has 0 aliphatic carbocycles. The van der Waals surface area contributed by atoms with Crippen LogP contribution in [0.4, 0.5) is 0 Å². The van der Waals surface area contributed by atoms with E-state index in [0.29, 0.717) is 12.6 Å². The minimum absolute atomic E-state index is 0.0756. The number of ether oxygens (including phenoxy) is 1. The number of rotatable bonds is 6. The first kappa shape index (κ1) is 14.6. The summed E-state index contributed by atoms with van der Waals surface area (Å²) < 4.78 is 5.75. The van der Waals surface area contributed by atoms with Gasteiger partial charge in [-0.1, -0.05) is 36.4 Å². The summed E-state index contributed by atoms with van der Waals surface area (Å²) in [5, 5.41) is 12.2. The van der Waals surface area contributed by atoms with Crippen LogP contribution in [0.5, 0.6) is 5.75 Å². The second kappa shape index (κ2) is 7.08. The van der Waals surface area contributed by atoms with Crippen LogP contribution in [0.3, 0.4) is 0 Å². The van der Waals surface area contributed by atoms with Gasteiger partial charge in [-0.3, -0.25) is 0 Å². The molecule has 3 nitrogen and oxygen atoms in total. The standard InChI is InChI=1S/C17H21NO2/c1-13(18-2)16-7-9-17(10-8-16)20-12-15-5-3-14(11-19)4-6-15/h3-10,13,18-19H,11-12H2,1-2H3. The number of hydrogen-bond donors (Lipinski definition) is 2. The molecule has 0 amide bonds. The number of aliphatic hydroxyl groups is 1. The van der Waals surface area contributed by atoms with E-state index in [1.807, 2.05) is 43.4 Å². The maximum absolute atomic E-state index is 8.99. The van der Waals surface area contributed by atoms with Crippen molar-refractivity contribution in [3.05, 3.63) is 65.2 Å². The average Bonchev–Trinajstić information content (AvgIpc) is 2.53. The maximum Gasteiger partial charge on any atom is 0.119 e. The summed E-state index contributed by atoms with van der Waals surface area (Å²) in [4.78, 5) is 0. The molecule has 20 heavy (non-hydrogen) atoms. The molecule has 106 valence electrons. The van der Waals surface area contributed by atoms with E-state index in [0.717, 1.165) is 16.9 Å². The van der Waals surface area contributed by atoms with Crippen LogP contribution in [-0.2, 0) is 13.2 Å². The van der Waals surface area contributed by atoms with Crippen molar-refractivity contribution in [3.8, 4) is 5.75 Å². The molecule has 1 unspecified atom stereocenters. The molecule has 0 aliphatic heterocycles. The molecule has 0 saturated heterocycles. The molecule has 3 heteroatoms. The molecular formula is C17H21NO2. The van der Waals surface area contributed by atoms with Gasteiger partial charge in [0.25, 0.3) is 0 Å². The zero-order chi connectivity index (χ0) is 14.4. The molecule has 0 saturated carbocycles. The van der Waals surface area contributed by atoms with Gasteiger partial charge in [-0.05, 0) is 42.8 Å². The van der Waals surface area contributed by atoms with E-state index in [2.05, 4.69) is 24.4 Å². The summed E-state index contributed by atoms with van der Waals surface area (Å²) in [5.74, 6) is 0.864. The van der Waals surface area contributed by atoms with E-state index >= 15 is 0 Å². The average molecular weight is 271 g/mol. The molecule has 2 aromatic carbocycles. The fraction of sp³-hybridized carbons (Fsp3) is 0.294. The predicted octanol–water partition coefficient (Wildman–Crippen LogP) is 3.04. The summed E-state index contributed by atoms with van der Waals surface area (Å²) in [6.45, 7) is 2.73. The number of benzene rings is 2. The van der Waals surface area contributed by atoms with Crippen molar-refractivity contribution < 1.29 is 9.84 Å². The van der Waals surface area contributed by atoms with Gasteiger partial charge in [-0.2, -0.15) is 0 Å². The summed E-state index contributed by atoms with van der Waals surface area (Å²) in [6, 6.07) is 16.3. The van der Waals surface area contributed by atoms with E-state index in [9.17, 15) is 0 Å². The van der Waals surface area contributed by atoms with Crippen molar-refractivity contribution in [2.24, 2.45) is 0 Å². The van der Waals surface area contributed by atoms with E-state index in [1.54, 1.807) is 0 Å². The predicted molar refractivity (Wildman–Crippen MR) is 80.6 cm³/mol. The van der Waals surface area contributed by atoms with Crippen molar-refractivity contribution in [2.45, 2.75) is 26.2 Å². The van der Waals surface area contributed by atoms with E-state index in [-0.39, 0.29) is 6.61 Å². The van der Waals surface area contributed by atoms with Gasteiger partial charge in [0.05, 0.1) is 6.61 Å². The molecule has 0 heterocycles. The molecule has 1 atom stereocenters. The number of aliphatic hydroxyl groups excluding tert-OH is 1. The Morgan fingerprint density at radius 3 is 2.15 bits per heavy atom. The summed E-state index contributed by atoms with van der Waals surface area (Å²) in [7, 11) is 1.95. The fourth-order valence-corrected chi connectivity index (χ4v) is 1.93. The van der Waals surface area contributed by atoms with Gasteiger partial charge in [0, 0.05) is 6.04 Å². The van der Waals surface area contributed by atoms with Gasteiger partial charge in [0.2, 0.25) is 0 Å². The van der Waals surface area contributed by atoms with Crippen molar-refractivity contribution in [1.29, 1.82) is 0 Å². The van der Waals surface area contributed by atoms with Crippen LogP contribution in [0, 0.1) is 0 Å². The Bertz CT molecular complexity index is 520. The topological polar surface area (TPSA) is 41.5 Å². The lowest BCUT2D eigenvalue weighted by atomic mass is 10.1. The van der Waals surface area contributed by atoms with Crippen LogP contribution >= 0.6 is 0 Å². The van der Waals surface area contributed by atoms with Crippen LogP contribution in [0.25, 0.3) is 0 Å². The van der Waals surface area contributed by atoms with Crippen LogP contribution in [0.15, 0.2) is 48.5 Å². The first-order valence-electron chi connectivity index (χ1n) is 6.81. The Labute approximate surface area is 120 Å². The summed E-state index contributed by atoms with van der Waals surface area (Å²) in [6.07, 6.45) is 0. The SMILES string of the molecule is CNC(C)c1ccc(OCc2ccc(CO)cc2)cc1. The fourth-order valence-electron chi connectivity index (χ4n) is 1.93. The Kier molecular flexibility index (Phi) is 5.16. The second-order valence-electron chi connectivity index (χ2n) is 4.84. The molecule has 2 rings (SSSR count). The Morgan fingerprint density at radius 1 is 1.00 bits per heavy atom. The number of hydrogen-bond acceptors (Lipinski definition) is 3. The Morgan fingerprint density at radius 2 is 1.60 bits per heavy atom. The van der Waals surface area contributed by atoms with Crippen molar-refractivity contribution in [3.63, 3.8) is 0 Å². The number of nitrogens with one attached hydrogen (secondary N) is 1. The molecule has 0 bridgehead atoms. The van der Waals surface area contributed by atoms with Gasteiger partial charge in [0.15, 0.2) is 0 Å². The van der Waals surface area contributed by atoms with Crippen LogP contribution in [0.1, 0.15) is 29.7 Å². The normalized spacial score (nSPS) is 12.2. The highest BCUT2D eigenvalue weighted by Crippen LogP contribution is 2.18. The van der Waals surface area contributed by atoms with E-state index in [1.165, 1.54) is 5.56 Å². The highest BCUT2D eigenvalue weighted by molar-refractivity contribution is 5.29. The van der Waals surface area contributed by atoms with Crippen LogP contribution in [0.2, 0.25) is 0 Å². The molecule has 0 aliphatic rings. The smallest absolute Gasteiger partial charge is 0.119 e. The third-order valence-electron chi connectivity index (χ3n) is 3.42. The van der Waals surface area contributed by atoms with Gasteiger partial charge in [-0.25, -0.2) is 0 Å². The van der Waals surface area contributed by atoms with Crippen LogP contribution in [-0.4, -0.2) is 12.2 Å². The zero-order valence-corrected chi connectivity index (χ0v) is 12.0. The molecule has 0 aromatic heterocycles. The van der Waals surface area contributed by atoms with Crippen LogP contribution < -0.4 is 10.1 Å². The lowest BCUT2D eigenvalue weighted by Crippen LogP contribution is -2.11. The van der Waals surface area contributed by atoms with Gasteiger partial charge >= 0.3 is 0 Å². The van der Waals surface area contributed by atoms with Gasteiger partial charge in [-0.15, -0.1) is 0 Å². The van der Waals surface area contributed by atoms with Gasteiger partial charge < -0.3 is 15.2 Å². The summed E-state index contributed by atoms with van der Waals surface area (Å²) >= 11 is 0. The van der Waals surface area contributed by atoms with Crippen molar-refractivity contribution >= 4 is 0 Å². The Balaban J connectivity index is 1.93. The van der Waals surface area contributed by atoms with Crippen molar-refractivity contribution in [1.82, 2.24) is 5.32 Å². The highest BCUT2D eigenvalue weighted by Gasteiger charge is 2.02. The molecule has 2 N–H and O–H groups in total. The minimum Gasteiger partial charge on any atom is -0.489 e. The van der Waals surface area contributed by atoms with E-state index < -0.39 is 0 Å².